The Hall–Kier alpha value is -0.520. The predicted molar refractivity (Wildman–Crippen MR) is 82.8 cm³/mol. The fourth-order valence-electron chi connectivity index (χ4n) is 2.34. The van der Waals surface area contributed by atoms with Crippen molar-refractivity contribution in [2.75, 3.05) is 13.6 Å². The first-order valence-corrected chi connectivity index (χ1v) is 8.39. The van der Waals surface area contributed by atoms with Crippen molar-refractivity contribution in [3.63, 3.8) is 0 Å². The third-order valence-electron chi connectivity index (χ3n) is 3.54. The minimum atomic E-state index is -0.376. The molecule has 0 aromatic carbocycles. The summed E-state index contributed by atoms with van der Waals surface area (Å²) in [6.45, 7) is 6.93. The van der Waals surface area contributed by atoms with E-state index in [0.29, 0.717) is 17.8 Å². The standard InChI is InChI=1S/C14H22N2OS2/c1-9-7-11(10-5-6-18-12(10)19-9)16-8-14(2,3)13(17)15-4/h5-6,9,11,16H,7-8H2,1-4H3,(H,15,17)/t9-,11?/m0/s1. The van der Waals surface area contributed by atoms with E-state index in [1.807, 2.05) is 36.9 Å². The lowest BCUT2D eigenvalue weighted by atomic mass is 9.91. The molecular formula is C14H22N2OS2. The third-order valence-corrected chi connectivity index (χ3v) is 5.89. The molecule has 1 aliphatic heterocycles. The van der Waals surface area contributed by atoms with E-state index >= 15 is 0 Å². The zero-order valence-electron chi connectivity index (χ0n) is 11.9. The van der Waals surface area contributed by atoms with Crippen LogP contribution < -0.4 is 10.6 Å². The van der Waals surface area contributed by atoms with Gasteiger partial charge in [0.25, 0.3) is 0 Å². The molecule has 0 radical (unpaired) electrons. The maximum atomic E-state index is 11.8. The highest BCUT2D eigenvalue weighted by atomic mass is 32.2. The van der Waals surface area contributed by atoms with E-state index in [9.17, 15) is 4.79 Å². The zero-order chi connectivity index (χ0) is 14.0. The lowest BCUT2D eigenvalue weighted by molar-refractivity contribution is -0.128. The van der Waals surface area contributed by atoms with E-state index in [2.05, 4.69) is 29.0 Å². The summed E-state index contributed by atoms with van der Waals surface area (Å²) in [6, 6.07) is 2.59. The highest BCUT2D eigenvalue weighted by Gasteiger charge is 2.30. The van der Waals surface area contributed by atoms with Crippen LogP contribution in [0.4, 0.5) is 0 Å². The first-order chi connectivity index (χ1) is 8.94. The maximum Gasteiger partial charge on any atom is 0.226 e. The molecule has 1 aromatic heterocycles. The Morgan fingerprint density at radius 3 is 2.95 bits per heavy atom. The molecule has 19 heavy (non-hydrogen) atoms. The Morgan fingerprint density at radius 1 is 1.53 bits per heavy atom. The van der Waals surface area contributed by atoms with Crippen LogP contribution in [0.25, 0.3) is 0 Å². The van der Waals surface area contributed by atoms with Crippen LogP contribution in [0.5, 0.6) is 0 Å². The van der Waals surface area contributed by atoms with Crippen molar-refractivity contribution in [1.29, 1.82) is 0 Å². The van der Waals surface area contributed by atoms with Crippen LogP contribution in [-0.2, 0) is 4.79 Å². The number of rotatable bonds is 4. The van der Waals surface area contributed by atoms with Gasteiger partial charge in [-0.15, -0.1) is 23.1 Å². The molecule has 0 saturated heterocycles. The number of hydrogen-bond acceptors (Lipinski definition) is 4. The molecule has 0 saturated carbocycles. The molecule has 106 valence electrons. The van der Waals surface area contributed by atoms with Gasteiger partial charge < -0.3 is 10.6 Å². The van der Waals surface area contributed by atoms with Gasteiger partial charge in [-0.25, -0.2) is 0 Å². The van der Waals surface area contributed by atoms with Gasteiger partial charge in [0.05, 0.1) is 9.62 Å². The third kappa shape index (κ3) is 3.33. The molecule has 1 aromatic rings. The number of thioether (sulfide) groups is 1. The number of thiophene rings is 1. The topological polar surface area (TPSA) is 41.1 Å². The van der Waals surface area contributed by atoms with Crippen LogP contribution in [0.15, 0.2) is 15.7 Å². The minimum Gasteiger partial charge on any atom is -0.359 e. The SMILES string of the molecule is CNC(=O)C(C)(C)CNC1C[C@H](C)Sc2sccc21. The number of nitrogens with one attached hydrogen (secondary N) is 2. The fourth-order valence-corrected chi connectivity index (χ4v) is 4.91. The van der Waals surface area contributed by atoms with Crippen molar-refractivity contribution in [1.82, 2.24) is 10.6 Å². The first-order valence-electron chi connectivity index (χ1n) is 6.63. The summed E-state index contributed by atoms with van der Waals surface area (Å²) < 4.78 is 1.42. The lowest BCUT2D eigenvalue weighted by Crippen LogP contribution is -2.43. The number of hydrogen-bond donors (Lipinski definition) is 2. The van der Waals surface area contributed by atoms with E-state index < -0.39 is 0 Å². The fraction of sp³-hybridized carbons (Fsp3) is 0.643. The van der Waals surface area contributed by atoms with Crippen molar-refractivity contribution in [3.05, 3.63) is 17.0 Å². The summed E-state index contributed by atoms with van der Waals surface area (Å²) >= 11 is 3.79. The molecule has 1 unspecified atom stereocenters. The van der Waals surface area contributed by atoms with Crippen LogP contribution >= 0.6 is 23.1 Å². The summed E-state index contributed by atoms with van der Waals surface area (Å²) in [5.41, 5.74) is 1.03. The highest BCUT2D eigenvalue weighted by molar-refractivity contribution is 8.01. The maximum absolute atomic E-state index is 11.8. The molecule has 2 rings (SSSR count). The Morgan fingerprint density at radius 2 is 2.26 bits per heavy atom. The van der Waals surface area contributed by atoms with E-state index in [-0.39, 0.29) is 11.3 Å². The van der Waals surface area contributed by atoms with Crippen LogP contribution in [0, 0.1) is 5.41 Å². The zero-order valence-corrected chi connectivity index (χ0v) is 13.6. The second-order valence-corrected chi connectivity index (χ2v) is 8.35. The van der Waals surface area contributed by atoms with Gasteiger partial charge in [0.15, 0.2) is 0 Å². The Labute approximate surface area is 123 Å². The lowest BCUT2D eigenvalue weighted by Gasteiger charge is -2.31. The molecule has 0 spiro atoms. The molecule has 2 N–H and O–H groups in total. The smallest absolute Gasteiger partial charge is 0.226 e. The molecule has 5 heteroatoms. The molecule has 1 amide bonds. The summed E-state index contributed by atoms with van der Waals surface area (Å²) in [7, 11) is 1.69. The largest absolute Gasteiger partial charge is 0.359 e. The number of amides is 1. The second kappa shape index (κ2) is 5.85. The van der Waals surface area contributed by atoms with Crippen molar-refractivity contribution in [2.45, 2.75) is 42.7 Å². The Bertz CT molecular complexity index is 456. The molecule has 0 fully saturated rings. The van der Waals surface area contributed by atoms with Crippen LogP contribution in [0.1, 0.15) is 38.8 Å². The number of fused-ring (bicyclic) bond motifs is 1. The average molecular weight is 298 g/mol. The molecular weight excluding hydrogens is 276 g/mol. The normalized spacial score (nSPS) is 22.9. The van der Waals surface area contributed by atoms with Crippen molar-refractivity contribution in [2.24, 2.45) is 5.41 Å². The summed E-state index contributed by atoms with van der Waals surface area (Å²) in [5.74, 6) is 0.0868. The van der Waals surface area contributed by atoms with E-state index in [1.54, 1.807) is 7.05 Å². The van der Waals surface area contributed by atoms with Gasteiger partial charge in [-0.2, -0.15) is 0 Å². The molecule has 3 nitrogen and oxygen atoms in total. The summed E-state index contributed by atoms with van der Waals surface area (Å²) in [4.78, 5) is 11.8. The number of carbonyl (C=O) groups is 1. The van der Waals surface area contributed by atoms with Gasteiger partial charge in [0, 0.05) is 24.9 Å². The second-order valence-electron chi connectivity index (χ2n) is 5.72. The van der Waals surface area contributed by atoms with Crippen LogP contribution in [0.2, 0.25) is 0 Å². The minimum absolute atomic E-state index is 0.0868. The van der Waals surface area contributed by atoms with Gasteiger partial charge in [-0.1, -0.05) is 6.92 Å². The van der Waals surface area contributed by atoms with E-state index in [0.717, 1.165) is 6.42 Å². The van der Waals surface area contributed by atoms with Crippen LogP contribution in [-0.4, -0.2) is 24.7 Å². The predicted octanol–water partition coefficient (Wildman–Crippen LogP) is 3.04. The monoisotopic (exact) mass is 298 g/mol. The highest BCUT2D eigenvalue weighted by Crippen LogP contribution is 2.43. The first kappa shape index (κ1) is 14.9. The summed E-state index contributed by atoms with van der Waals surface area (Å²) in [5, 5.41) is 9.11. The Kier molecular flexibility index (Phi) is 4.58. The van der Waals surface area contributed by atoms with Gasteiger partial charge in [-0.3, -0.25) is 4.79 Å². The van der Waals surface area contributed by atoms with E-state index in [1.165, 1.54) is 9.77 Å². The van der Waals surface area contributed by atoms with Gasteiger partial charge in [-0.05, 0) is 37.3 Å². The van der Waals surface area contributed by atoms with Gasteiger partial charge >= 0.3 is 0 Å². The average Bonchev–Trinajstić information content (AvgIpc) is 2.82. The van der Waals surface area contributed by atoms with Gasteiger partial charge in [0.2, 0.25) is 5.91 Å². The quantitative estimate of drug-likeness (QED) is 0.898. The summed E-state index contributed by atoms with van der Waals surface area (Å²) in [6.07, 6.45) is 1.12. The van der Waals surface area contributed by atoms with E-state index in [4.69, 9.17) is 0 Å². The Balaban J connectivity index is 2.03. The van der Waals surface area contributed by atoms with Gasteiger partial charge in [0.1, 0.15) is 0 Å². The molecule has 2 atom stereocenters. The van der Waals surface area contributed by atoms with Crippen LogP contribution in [0.3, 0.4) is 0 Å². The van der Waals surface area contributed by atoms with Crippen molar-refractivity contribution in [3.8, 4) is 0 Å². The molecule has 0 aliphatic carbocycles. The van der Waals surface area contributed by atoms with Crippen molar-refractivity contribution >= 4 is 29.0 Å². The van der Waals surface area contributed by atoms with Crippen molar-refractivity contribution < 1.29 is 4.79 Å². The molecule has 2 heterocycles. The molecule has 1 aliphatic rings. The number of carbonyl (C=O) groups excluding carboxylic acids is 1. The molecule has 0 bridgehead atoms.